The Morgan fingerprint density at radius 1 is 1.10 bits per heavy atom. The quantitative estimate of drug-likeness (QED) is 0.530. The van der Waals surface area contributed by atoms with Crippen molar-refractivity contribution in [3.63, 3.8) is 0 Å². The van der Waals surface area contributed by atoms with Crippen molar-refractivity contribution < 1.29 is 9.13 Å². The van der Waals surface area contributed by atoms with E-state index in [2.05, 4.69) is 42.8 Å². The van der Waals surface area contributed by atoms with Crippen molar-refractivity contribution >= 4 is 11.8 Å². The molecule has 2 aliphatic rings. The SMILES string of the molecule is COCC(C)NC1CCC(Nc2ncc(F)c(-c3nccc(NCC4CC4)n3)n2)CC1. The molecule has 2 aliphatic carbocycles. The van der Waals surface area contributed by atoms with Crippen LogP contribution >= 0.6 is 0 Å². The van der Waals surface area contributed by atoms with Gasteiger partial charge in [-0.05, 0) is 57.4 Å². The second-order valence-corrected chi connectivity index (χ2v) is 8.70. The first-order valence-electron chi connectivity index (χ1n) is 11.2. The van der Waals surface area contributed by atoms with Gasteiger partial charge in [-0.2, -0.15) is 0 Å². The molecule has 0 aromatic carbocycles. The second kappa shape index (κ2) is 10.3. The maximum atomic E-state index is 14.5. The highest BCUT2D eigenvalue weighted by molar-refractivity contribution is 5.54. The van der Waals surface area contributed by atoms with E-state index in [9.17, 15) is 4.39 Å². The molecule has 168 valence electrons. The molecule has 1 atom stereocenters. The van der Waals surface area contributed by atoms with Crippen LogP contribution in [0.4, 0.5) is 16.2 Å². The summed E-state index contributed by atoms with van der Waals surface area (Å²) >= 11 is 0. The molecule has 31 heavy (non-hydrogen) atoms. The number of halogens is 1. The zero-order chi connectivity index (χ0) is 21.6. The van der Waals surface area contributed by atoms with Crippen molar-refractivity contribution in [3.8, 4) is 11.5 Å². The van der Waals surface area contributed by atoms with Gasteiger partial charge in [-0.15, -0.1) is 0 Å². The van der Waals surface area contributed by atoms with Gasteiger partial charge < -0.3 is 20.7 Å². The Kier molecular flexibility index (Phi) is 7.24. The number of methoxy groups -OCH3 is 1. The molecule has 2 fully saturated rings. The van der Waals surface area contributed by atoms with E-state index in [0.717, 1.165) is 38.1 Å². The topological polar surface area (TPSA) is 96.9 Å². The highest BCUT2D eigenvalue weighted by atomic mass is 19.1. The lowest BCUT2D eigenvalue weighted by Crippen LogP contribution is -2.43. The van der Waals surface area contributed by atoms with Crippen molar-refractivity contribution in [2.75, 3.05) is 30.9 Å². The van der Waals surface area contributed by atoms with Crippen molar-refractivity contribution in [3.05, 3.63) is 24.3 Å². The standard InChI is InChI=1S/C22H32FN7O/c1-14(13-31-2)27-16-5-7-17(8-6-16)28-22-26-12-18(23)20(30-22)21-24-10-9-19(29-21)25-11-15-3-4-15/h9-10,12,14-17,27H,3-8,11,13H2,1-2H3,(H,24,25,29)(H,26,28,30). The average Bonchev–Trinajstić information content (AvgIpc) is 3.60. The maximum absolute atomic E-state index is 14.5. The van der Waals surface area contributed by atoms with Crippen LogP contribution in [0.5, 0.6) is 0 Å². The van der Waals surface area contributed by atoms with Gasteiger partial charge in [0.1, 0.15) is 11.5 Å². The van der Waals surface area contributed by atoms with E-state index in [1.54, 1.807) is 19.4 Å². The van der Waals surface area contributed by atoms with Crippen molar-refractivity contribution in [1.29, 1.82) is 0 Å². The Morgan fingerprint density at radius 2 is 1.87 bits per heavy atom. The fraction of sp³-hybridized carbons (Fsp3) is 0.636. The minimum atomic E-state index is -0.523. The van der Waals surface area contributed by atoms with E-state index in [4.69, 9.17) is 4.74 Å². The van der Waals surface area contributed by atoms with Gasteiger partial charge in [0.15, 0.2) is 11.6 Å². The van der Waals surface area contributed by atoms with Crippen molar-refractivity contribution in [2.45, 2.75) is 63.6 Å². The Hall–Kier alpha value is -2.39. The molecule has 0 spiro atoms. The lowest BCUT2D eigenvalue weighted by atomic mass is 9.91. The van der Waals surface area contributed by atoms with Crippen LogP contribution in [0.2, 0.25) is 0 Å². The van der Waals surface area contributed by atoms with Gasteiger partial charge in [0.25, 0.3) is 0 Å². The molecule has 8 nitrogen and oxygen atoms in total. The van der Waals surface area contributed by atoms with Crippen LogP contribution in [-0.2, 0) is 4.74 Å². The molecule has 3 N–H and O–H groups in total. The molecule has 2 aromatic heterocycles. The van der Waals surface area contributed by atoms with E-state index < -0.39 is 5.82 Å². The normalized spacial score (nSPS) is 22.2. The van der Waals surface area contributed by atoms with Gasteiger partial charge in [-0.25, -0.2) is 24.3 Å². The summed E-state index contributed by atoms with van der Waals surface area (Å²) in [5.74, 6) is 1.57. The number of aromatic nitrogens is 4. The molecule has 1 unspecified atom stereocenters. The van der Waals surface area contributed by atoms with Crippen LogP contribution in [0, 0.1) is 11.7 Å². The number of anilines is 2. The van der Waals surface area contributed by atoms with E-state index in [1.165, 1.54) is 19.0 Å². The minimum absolute atomic E-state index is 0.122. The molecule has 2 saturated carbocycles. The van der Waals surface area contributed by atoms with Crippen LogP contribution in [0.15, 0.2) is 18.5 Å². The first-order chi connectivity index (χ1) is 15.1. The number of hydrogen-bond acceptors (Lipinski definition) is 8. The second-order valence-electron chi connectivity index (χ2n) is 8.70. The zero-order valence-electron chi connectivity index (χ0n) is 18.3. The molecule has 4 rings (SSSR count). The predicted molar refractivity (Wildman–Crippen MR) is 118 cm³/mol. The summed E-state index contributed by atoms with van der Waals surface area (Å²) in [7, 11) is 1.72. The molecule has 2 heterocycles. The van der Waals surface area contributed by atoms with Gasteiger partial charge in [-0.3, -0.25) is 0 Å². The predicted octanol–water partition coefficient (Wildman–Crippen LogP) is 3.24. The van der Waals surface area contributed by atoms with Crippen molar-refractivity contribution in [2.24, 2.45) is 5.92 Å². The summed E-state index contributed by atoms with van der Waals surface area (Å²) < 4.78 is 19.7. The zero-order valence-corrected chi connectivity index (χ0v) is 18.3. The summed E-state index contributed by atoms with van der Waals surface area (Å²) in [6.45, 7) is 3.74. The van der Waals surface area contributed by atoms with E-state index in [1.807, 2.05) is 0 Å². The minimum Gasteiger partial charge on any atom is -0.383 e. The van der Waals surface area contributed by atoms with Crippen LogP contribution in [0.3, 0.4) is 0 Å². The largest absolute Gasteiger partial charge is 0.383 e. The number of nitrogens with one attached hydrogen (secondary N) is 3. The molecule has 2 aromatic rings. The molecular formula is C22H32FN7O. The Morgan fingerprint density at radius 3 is 2.61 bits per heavy atom. The summed E-state index contributed by atoms with van der Waals surface area (Å²) in [4.78, 5) is 17.2. The van der Waals surface area contributed by atoms with E-state index in [0.29, 0.717) is 30.5 Å². The average molecular weight is 430 g/mol. The van der Waals surface area contributed by atoms with Crippen LogP contribution in [0.1, 0.15) is 45.4 Å². The molecule has 0 amide bonds. The van der Waals surface area contributed by atoms with Crippen LogP contribution in [-0.4, -0.2) is 58.3 Å². The molecule has 0 saturated heterocycles. The van der Waals surface area contributed by atoms with E-state index in [-0.39, 0.29) is 17.6 Å². The van der Waals surface area contributed by atoms with Crippen molar-refractivity contribution in [1.82, 2.24) is 25.3 Å². The summed E-state index contributed by atoms with van der Waals surface area (Å²) in [6.07, 6.45) is 9.47. The summed E-state index contributed by atoms with van der Waals surface area (Å²) in [5, 5.41) is 10.3. The third-order valence-corrected chi connectivity index (χ3v) is 5.88. The molecule has 0 bridgehead atoms. The first-order valence-corrected chi connectivity index (χ1v) is 11.2. The van der Waals surface area contributed by atoms with Gasteiger partial charge in [0.05, 0.1) is 12.8 Å². The Balaban J connectivity index is 1.35. The van der Waals surface area contributed by atoms with Gasteiger partial charge in [-0.1, -0.05) is 0 Å². The maximum Gasteiger partial charge on any atom is 0.223 e. The fourth-order valence-corrected chi connectivity index (χ4v) is 4.02. The lowest BCUT2D eigenvalue weighted by Gasteiger charge is -2.31. The van der Waals surface area contributed by atoms with Gasteiger partial charge in [0.2, 0.25) is 5.95 Å². The fourth-order valence-electron chi connectivity index (χ4n) is 4.02. The molecular weight excluding hydrogens is 397 g/mol. The molecule has 0 radical (unpaired) electrons. The lowest BCUT2D eigenvalue weighted by molar-refractivity contribution is 0.161. The third-order valence-electron chi connectivity index (χ3n) is 5.88. The Bertz CT molecular complexity index is 856. The number of rotatable bonds is 10. The highest BCUT2D eigenvalue weighted by Gasteiger charge is 2.24. The molecule has 9 heteroatoms. The first kappa shape index (κ1) is 21.8. The number of ether oxygens (including phenoxy) is 1. The number of nitrogens with zero attached hydrogens (tertiary/aromatic N) is 4. The molecule has 0 aliphatic heterocycles. The van der Waals surface area contributed by atoms with Gasteiger partial charge >= 0.3 is 0 Å². The van der Waals surface area contributed by atoms with E-state index >= 15 is 0 Å². The van der Waals surface area contributed by atoms with Crippen LogP contribution in [0.25, 0.3) is 11.5 Å². The monoisotopic (exact) mass is 429 g/mol. The Labute approximate surface area is 182 Å². The third kappa shape index (κ3) is 6.30. The highest BCUT2D eigenvalue weighted by Crippen LogP contribution is 2.29. The van der Waals surface area contributed by atoms with Crippen LogP contribution < -0.4 is 16.0 Å². The summed E-state index contributed by atoms with van der Waals surface area (Å²) in [6, 6.07) is 2.90. The smallest absolute Gasteiger partial charge is 0.223 e. The number of hydrogen-bond donors (Lipinski definition) is 3. The van der Waals surface area contributed by atoms with Gasteiger partial charge in [0, 0.05) is 38.0 Å². The summed E-state index contributed by atoms with van der Waals surface area (Å²) in [5.41, 5.74) is 0.122.